The molecule has 7 nitrogen and oxygen atoms in total. The normalized spacial score (nSPS) is 15.7. The van der Waals surface area contributed by atoms with Crippen LogP contribution in [0.3, 0.4) is 0 Å². The second-order valence-corrected chi connectivity index (χ2v) is 9.26. The molecule has 0 aliphatic carbocycles. The average molecular weight is 435 g/mol. The van der Waals surface area contributed by atoms with Crippen LogP contribution >= 0.6 is 11.6 Å². The van der Waals surface area contributed by atoms with E-state index in [0.717, 1.165) is 5.69 Å². The van der Waals surface area contributed by atoms with E-state index < -0.39 is 16.0 Å². The predicted molar refractivity (Wildman–Crippen MR) is 110 cm³/mol. The van der Waals surface area contributed by atoms with Crippen LogP contribution in [0.4, 0.5) is 5.69 Å². The molecule has 0 amide bonds. The summed E-state index contributed by atoms with van der Waals surface area (Å²) in [7, 11) is -3.70. The number of carboxylic acid groups (broad SMARTS) is 1. The smallest absolute Gasteiger partial charge is 0.372 e. The van der Waals surface area contributed by atoms with Crippen molar-refractivity contribution in [1.29, 1.82) is 0 Å². The molecule has 0 spiro atoms. The van der Waals surface area contributed by atoms with Crippen LogP contribution in [0, 0.1) is 6.92 Å². The molecule has 0 radical (unpaired) electrons. The van der Waals surface area contributed by atoms with E-state index in [4.69, 9.17) is 16.0 Å². The Kier molecular flexibility index (Phi) is 5.02. The van der Waals surface area contributed by atoms with Gasteiger partial charge >= 0.3 is 5.97 Å². The molecule has 0 bridgehead atoms. The van der Waals surface area contributed by atoms with Gasteiger partial charge in [-0.1, -0.05) is 17.7 Å². The third-order valence-corrected chi connectivity index (χ3v) is 7.28. The lowest BCUT2D eigenvalue weighted by Crippen LogP contribution is -2.48. The molecule has 0 saturated carbocycles. The van der Waals surface area contributed by atoms with Crippen LogP contribution in [0.1, 0.15) is 16.1 Å². The van der Waals surface area contributed by atoms with Crippen molar-refractivity contribution in [2.45, 2.75) is 11.8 Å². The quantitative estimate of drug-likeness (QED) is 0.674. The number of hydrogen-bond donors (Lipinski definition) is 1. The van der Waals surface area contributed by atoms with Gasteiger partial charge in [0.1, 0.15) is 5.58 Å². The number of aryl methyl sites for hydroxylation is 1. The number of rotatable bonds is 4. The minimum atomic E-state index is -3.70. The molecular weight excluding hydrogens is 416 g/mol. The molecule has 2 aromatic carbocycles. The van der Waals surface area contributed by atoms with E-state index >= 15 is 0 Å². The lowest BCUT2D eigenvalue weighted by molar-refractivity contribution is 0.0664. The zero-order valence-electron chi connectivity index (χ0n) is 15.6. The van der Waals surface area contributed by atoms with E-state index in [1.165, 1.54) is 22.5 Å². The molecule has 29 heavy (non-hydrogen) atoms. The van der Waals surface area contributed by atoms with Crippen LogP contribution in [0.25, 0.3) is 11.0 Å². The average Bonchev–Trinajstić information content (AvgIpc) is 3.04. The lowest BCUT2D eigenvalue weighted by atomic mass is 10.1. The standard InChI is InChI=1S/C20H19ClN2O5S/c1-13-17-12-16(5-6-18(17)28-19(13)20(24)25)29(26,27)23-9-7-22(8-10-23)15-4-2-3-14(21)11-15/h2-6,11-12H,7-10H2,1H3,(H,24,25). The van der Waals surface area contributed by atoms with Crippen molar-refractivity contribution in [2.24, 2.45) is 0 Å². The molecule has 0 unspecified atom stereocenters. The Morgan fingerprint density at radius 1 is 1.10 bits per heavy atom. The van der Waals surface area contributed by atoms with E-state index in [1.54, 1.807) is 13.0 Å². The largest absolute Gasteiger partial charge is 0.475 e. The van der Waals surface area contributed by atoms with Crippen LogP contribution in [0.5, 0.6) is 0 Å². The third kappa shape index (κ3) is 3.59. The van der Waals surface area contributed by atoms with Crippen molar-refractivity contribution >= 4 is 44.3 Å². The number of carboxylic acids is 1. The van der Waals surface area contributed by atoms with Crippen LogP contribution in [-0.2, 0) is 10.0 Å². The predicted octanol–water partition coefficient (Wildman–Crippen LogP) is 3.60. The van der Waals surface area contributed by atoms with Crippen LogP contribution in [-0.4, -0.2) is 50.0 Å². The van der Waals surface area contributed by atoms with Gasteiger partial charge in [-0.05, 0) is 43.3 Å². The van der Waals surface area contributed by atoms with Gasteiger partial charge in [0.2, 0.25) is 15.8 Å². The van der Waals surface area contributed by atoms with Crippen molar-refractivity contribution in [2.75, 3.05) is 31.1 Å². The number of halogens is 1. The monoisotopic (exact) mass is 434 g/mol. The van der Waals surface area contributed by atoms with Gasteiger partial charge in [-0.25, -0.2) is 13.2 Å². The number of piperazine rings is 1. The summed E-state index contributed by atoms with van der Waals surface area (Å²) >= 11 is 6.05. The van der Waals surface area contributed by atoms with Gasteiger partial charge in [-0.2, -0.15) is 4.31 Å². The molecule has 9 heteroatoms. The van der Waals surface area contributed by atoms with E-state index in [0.29, 0.717) is 47.7 Å². The first-order valence-corrected chi connectivity index (χ1v) is 10.9. The number of fused-ring (bicyclic) bond motifs is 1. The minimum Gasteiger partial charge on any atom is -0.475 e. The number of furan rings is 1. The highest BCUT2D eigenvalue weighted by molar-refractivity contribution is 7.89. The third-order valence-electron chi connectivity index (χ3n) is 5.15. The Labute approximate surface area is 173 Å². The van der Waals surface area contributed by atoms with E-state index in [-0.39, 0.29) is 10.7 Å². The summed E-state index contributed by atoms with van der Waals surface area (Å²) in [6.45, 7) is 3.40. The molecule has 1 aliphatic heterocycles. The topological polar surface area (TPSA) is 91.1 Å². The molecule has 1 aliphatic rings. The summed E-state index contributed by atoms with van der Waals surface area (Å²) < 4.78 is 33.0. The lowest BCUT2D eigenvalue weighted by Gasteiger charge is -2.35. The van der Waals surface area contributed by atoms with Gasteiger partial charge in [-0.15, -0.1) is 0 Å². The zero-order chi connectivity index (χ0) is 20.8. The number of sulfonamides is 1. The maximum Gasteiger partial charge on any atom is 0.372 e. The summed E-state index contributed by atoms with van der Waals surface area (Å²) in [5, 5.41) is 10.3. The molecule has 2 heterocycles. The maximum absolute atomic E-state index is 13.1. The first kappa shape index (κ1) is 19.8. The molecular formula is C20H19ClN2O5S. The summed E-state index contributed by atoms with van der Waals surface area (Å²) in [5.74, 6) is -1.36. The molecule has 4 rings (SSSR count). The minimum absolute atomic E-state index is 0.127. The Hall–Kier alpha value is -2.55. The molecule has 152 valence electrons. The summed E-state index contributed by atoms with van der Waals surface area (Å²) in [6.07, 6.45) is 0. The van der Waals surface area contributed by atoms with Gasteiger partial charge < -0.3 is 14.4 Å². The first-order chi connectivity index (χ1) is 13.8. The fourth-order valence-electron chi connectivity index (χ4n) is 3.57. The highest BCUT2D eigenvalue weighted by Gasteiger charge is 2.29. The summed E-state index contributed by atoms with van der Waals surface area (Å²) in [4.78, 5) is 13.5. The van der Waals surface area contributed by atoms with Crippen LogP contribution in [0.2, 0.25) is 5.02 Å². The van der Waals surface area contributed by atoms with Crippen molar-refractivity contribution in [3.8, 4) is 0 Å². The number of benzene rings is 2. The summed E-state index contributed by atoms with van der Waals surface area (Å²) in [6, 6.07) is 11.9. The van der Waals surface area contributed by atoms with Crippen molar-refractivity contribution in [3.63, 3.8) is 0 Å². The van der Waals surface area contributed by atoms with Crippen molar-refractivity contribution < 1.29 is 22.7 Å². The highest BCUT2D eigenvalue weighted by Crippen LogP contribution is 2.29. The fourth-order valence-corrected chi connectivity index (χ4v) is 5.21. The second-order valence-electron chi connectivity index (χ2n) is 6.89. The molecule has 1 N–H and O–H groups in total. The van der Waals surface area contributed by atoms with E-state index in [9.17, 15) is 18.3 Å². The van der Waals surface area contributed by atoms with Crippen LogP contribution in [0.15, 0.2) is 51.8 Å². The van der Waals surface area contributed by atoms with Gasteiger partial charge in [-0.3, -0.25) is 0 Å². The van der Waals surface area contributed by atoms with Gasteiger partial charge in [0.05, 0.1) is 4.90 Å². The Morgan fingerprint density at radius 3 is 2.48 bits per heavy atom. The maximum atomic E-state index is 13.1. The van der Waals surface area contributed by atoms with Gasteiger partial charge in [0.15, 0.2) is 0 Å². The number of hydrogen-bond acceptors (Lipinski definition) is 5. The molecule has 1 saturated heterocycles. The highest BCUT2D eigenvalue weighted by atomic mass is 35.5. The van der Waals surface area contributed by atoms with Crippen molar-refractivity contribution in [1.82, 2.24) is 4.31 Å². The van der Waals surface area contributed by atoms with E-state index in [1.807, 2.05) is 18.2 Å². The SMILES string of the molecule is Cc1c(C(=O)O)oc2ccc(S(=O)(=O)N3CCN(c4cccc(Cl)c4)CC3)cc12. The molecule has 1 fully saturated rings. The summed E-state index contributed by atoms with van der Waals surface area (Å²) in [5.41, 5.74) is 1.73. The molecule has 1 aromatic heterocycles. The zero-order valence-corrected chi connectivity index (χ0v) is 17.2. The number of aromatic carboxylic acids is 1. The van der Waals surface area contributed by atoms with Gasteiger partial charge in [0.25, 0.3) is 0 Å². The molecule has 0 atom stereocenters. The van der Waals surface area contributed by atoms with Crippen molar-refractivity contribution in [3.05, 3.63) is 58.8 Å². The fraction of sp³-hybridized carbons (Fsp3) is 0.250. The first-order valence-electron chi connectivity index (χ1n) is 9.04. The van der Waals surface area contributed by atoms with Gasteiger partial charge in [0, 0.05) is 47.8 Å². The molecule has 3 aromatic rings. The number of anilines is 1. The van der Waals surface area contributed by atoms with Crippen LogP contribution < -0.4 is 4.90 Å². The van der Waals surface area contributed by atoms with E-state index in [2.05, 4.69) is 4.90 Å². The Bertz CT molecular complexity index is 1200. The number of carbonyl (C=O) groups is 1. The number of nitrogens with zero attached hydrogens (tertiary/aromatic N) is 2. The Morgan fingerprint density at radius 2 is 1.83 bits per heavy atom. The Balaban J connectivity index is 1.57. The second kappa shape index (κ2) is 7.37.